The molecule has 1 aliphatic heterocycles. The lowest BCUT2D eigenvalue weighted by molar-refractivity contribution is 0.343. The molecule has 0 saturated carbocycles. The van der Waals surface area contributed by atoms with Crippen molar-refractivity contribution < 1.29 is 0 Å². The Morgan fingerprint density at radius 3 is 2.92 bits per heavy atom. The molecule has 1 saturated heterocycles. The van der Waals surface area contributed by atoms with Crippen molar-refractivity contribution in [3.05, 3.63) is 40.0 Å². The highest BCUT2D eigenvalue weighted by molar-refractivity contribution is 7.17. The van der Waals surface area contributed by atoms with Crippen LogP contribution < -0.4 is 10.5 Å². The maximum absolute atomic E-state index is 12.4. The first kappa shape index (κ1) is 15.4. The van der Waals surface area contributed by atoms with Crippen LogP contribution in [0.1, 0.15) is 25.6 Å². The molecule has 1 fully saturated rings. The second kappa shape index (κ2) is 5.73. The zero-order chi connectivity index (χ0) is 16.8. The third kappa shape index (κ3) is 2.43. The van der Waals surface area contributed by atoms with E-state index in [-0.39, 0.29) is 5.56 Å². The molecular formula is C17H21N5OS. The number of hydrogen-bond donors (Lipinski definition) is 0. The maximum atomic E-state index is 12.4. The van der Waals surface area contributed by atoms with Crippen molar-refractivity contribution in [2.45, 2.75) is 26.3 Å². The number of aromatic nitrogens is 4. The number of hydrogen-bond acceptors (Lipinski definition) is 5. The van der Waals surface area contributed by atoms with Gasteiger partial charge < -0.3 is 9.47 Å². The number of nitrogens with zero attached hydrogens (tertiary/aromatic N) is 5. The Balaban J connectivity index is 1.51. The van der Waals surface area contributed by atoms with E-state index in [1.54, 1.807) is 4.57 Å². The first-order valence-electron chi connectivity index (χ1n) is 8.24. The van der Waals surface area contributed by atoms with E-state index < -0.39 is 0 Å². The monoisotopic (exact) mass is 343 g/mol. The summed E-state index contributed by atoms with van der Waals surface area (Å²) in [6.07, 6.45) is 3.94. The van der Waals surface area contributed by atoms with Crippen LogP contribution in [0.5, 0.6) is 0 Å². The van der Waals surface area contributed by atoms with Crippen LogP contribution in [0.15, 0.2) is 28.6 Å². The minimum atomic E-state index is 0.0464. The van der Waals surface area contributed by atoms with Gasteiger partial charge in [-0.15, -0.1) is 11.3 Å². The Hall–Kier alpha value is -2.15. The fourth-order valence-electron chi connectivity index (χ4n) is 3.36. The van der Waals surface area contributed by atoms with E-state index >= 15 is 0 Å². The Bertz CT molecular complexity index is 932. The molecule has 0 N–H and O–H groups in total. The smallest absolute Gasteiger partial charge is 0.272 e. The van der Waals surface area contributed by atoms with E-state index in [0.717, 1.165) is 41.6 Å². The summed E-state index contributed by atoms with van der Waals surface area (Å²) in [6, 6.07) is 1.92. The van der Waals surface area contributed by atoms with Gasteiger partial charge in [-0.3, -0.25) is 9.36 Å². The highest BCUT2D eigenvalue weighted by atomic mass is 32.1. The summed E-state index contributed by atoms with van der Waals surface area (Å²) in [5, 5.41) is 1.92. The van der Waals surface area contributed by atoms with Crippen LogP contribution in [0, 0.1) is 5.92 Å². The van der Waals surface area contributed by atoms with Crippen LogP contribution in [0.25, 0.3) is 10.2 Å². The van der Waals surface area contributed by atoms with Crippen LogP contribution >= 0.6 is 11.3 Å². The zero-order valence-electron chi connectivity index (χ0n) is 14.1. The molecule has 7 heteroatoms. The summed E-state index contributed by atoms with van der Waals surface area (Å²) in [5.74, 6) is 2.90. The van der Waals surface area contributed by atoms with Gasteiger partial charge in [0.1, 0.15) is 10.5 Å². The van der Waals surface area contributed by atoms with Gasteiger partial charge in [-0.1, -0.05) is 13.8 Å². The van der Waals surface area contributed by atoms with Crippen molar-refractivity contribution in [1.29, 1.82) is 0 Å². The van der Waals surface area contributed by atoms with Crippen LogP contribution in [0.2, 0.25) is 0 Å². The first-order valence-corrected chi connectivity index (χ1v) is 9.12. The largest absolute Gasteiger partial charge is 0.341 e. The van der Waals surface area contributed by atoms with Gasteiger partial charge in [-0.05, 0) is 11.4 Å². The quantitative estimate of drug-likeness (QED) is 0.730. The Labute approximate surface area is 144 Å². The summed E-state index contributed by atoms with van der Waals surface area (Å²) in [5.41, 5.74) is 0.850. The van der Waals surface area contributed by atoms with E-state index in [1.807, 2.05) is 24.7 Å². The standard InChI is InChI=1S/C17H21N5OS/c1-11(2)15-18-5-6-21(15)8-12-9-22(10-12)17-19-13-4-7-24-14(13)16(23)20(17)3/h4-7,11-12H,8-10H2,1-3H3. The summed E-state index contributed by atoms with van der Waals surface area (Å²) in [6.45, 7) is 7.15. The molecule has 0 aromatic carbocycles. The molecule has 1 aliphatic rings. The average Bonchev–Trinajstić information content (AvgIpc) is 3.15. The van der Waals surface area contributed by atoms with Crippen molar-refractivity contribution in [2.24, 2.45) is 13.0 Å². The van der Waals surface area contributed by atoms with Crippen molar-refractivity contribution in [3.8, 4) is 0 Å². The molecule has 0 aliphatic carbocycles. The zero-order valence-corrected chi connectivity index (χ0v) is 15.0. The number of rotatable bonds is 4. The number of anilines is 1. The summed E-state index contributed by atoms with van der Waals surface area (Å²) in [7, 11) is 1.81. The lowest BCUT2D eigenvalue weighted by Gasteiger charge is -2.40. The Morgan fingerprint density at radius 2 is 2.17 bits per heavy atom. The second-order valence-electron chi connectivity index (χ2n) is 6.77. The number of thiophene rings is 1. The van der Waals surface area contributed by atoms with Crippen LogP contribution in [0.3, 0.4) is 0 Å². The van der Waals surface area contributed by atoms with Gasteiger partial charge in [0.15, 0.2) is 0 Å². The average molecular weight is 343 g/mol. The van der Waals surface area contributed by atoms with Gasteiger partial charge in [-0.2, -0.15) is 0 Å². The van der Waals surface area contributed by atoms with Gasteiger partial charge in [0.05, 0.1) is 5.52 Å². The first-order chi connectivity index (χ1) is 11.5. The number of imidazole rings is 1. The fourth-order valence-corrected chi connectivity index (χ4v) is 4.17. The topological polar surface area (TPSA) is 56.0 Å². The summed E-state index contributed by atoms with van der Waals surface area (Å²) < 4.78 is 4.66. The SMILES string of the molecule is CC(C)c1nccn1CC1CN(c2nc3ccsc3c(=O)n2C)C1. The molecule has 0 atom stereocenters. The third-order valence-corrected chi connectivity index (χ3v) is 5.51. The third-order valence-electron chi connectivity index (χ3n) is 4.62. The van der Waals surface area contributed by atoms with Gasteiger partial charge in [0, 0.05) is 50.9 Å². The van der Waals surface area contributed by atoms with E-state index in [4.69, 9.17) is 0 Å². The highest BCUT2D eigenvalue weighted by Crippen LogP contribution is 2.26. The van der Waals surface area contributed by atoms with Crippen molar-refractivity contribution >= 4 is 27.5 Å². The highest BCUT2D eigenvalue weighted by Gasteiger charge is 2.30. The second-order valence-corrected chi connectivity index (χ2v) is 7.69. The van der Waals surface area contributed by atoms with E-state index in [2.05, 4.69) is 39.5 Å². The molecular weight excluding hydrogens is 322 g/mol. The molecule has 126 valence electrons. The lowest BCUT2D eigenvalue weighted by Crippen LogP contribution is -2.50. The minimum Gasteiger partial charge on any atom is -0.341 e. The molecule has 4 rings (SSSR count). The van der Waals surface area contributed by atoms with Crippen molar-refractivity contribution in [1.82, 2.24) is 19.1 Å². The summed E-state index contributed by atoms with van der Waals surface area (Å²) >= 11 is 1.46. The summed E-state index contributed by atoms with van der Waals surface area (Å²) in [4.78, 5) is 23.7. The maximum Gasteiger partial charge on any atom is 0.272 e. The number of fused-ring (bicyclic) bond motifs is 1. The molecule has 0 amide bonds. The Kier molecular flexibility index (Phi) is 3.68. The van der Waals surface area contributed by atoms with Gasteiger partial charge in [-0.25, -0.2) is 9.97 Å². The van der Waals surface area contributed by atoms with Crippen LogP contribution in [-0.4, -0.2) is 32.2 Å². The van der Waals surface area contributed by atoms with E-state index in [1.165, 1.54) is 11.3 Å². The van der Waals surface area contributed by atoms with Crippen LogP contribution in [-0.2, 0) is 13.6 Å². The van der Waals surface area contributed by atoms with E-state index in [9.17, 15) is 4.79 Å². The Morgan fingerprint density at radius 1 is 1.38 bits per heavy atom. The molecule has 4 heterocycles. The van der Waals surface area contributed by atoms with Gasteiger partial charge in [0.25, 0.3) is 5.56 Å². The van der Waals surface area contributed by atoms with Crippen molar-refractivity contribution in [3.63, 3.8) is 0 Å². The van der Waals surface area contributed by atoms with Gasteiger partial charge >= 0.3 is 0 Å². The van der Waals surface area contributed by atoms with E-state index in [0.29, 0.717) is 11.8 Å². The minimum absolute atomic E-state index is 0.0464. The molecule has 3 aromatic rings. The van der Waals surface area contributed by atoms with Gasteiger partial charge in [0.2, 0.25) is 5.95 Å². The molecule has 3 aromatic heterocycles. The predicted octanol–water partition coefficient (Wildman–Crippen LogP) is 2.45. The predicted molar refractivity (Wildman–Crippen MR) is 96.9 cm³/mol. The molecule has 24 heavy (non-hydrogen) atoms. The molecule has 6 nitrogen and oxygen atoms in total. The fraction of sp³-hybridized carbons (Fsp3) is 0.471. The normalized spacial score (nSPS) is 15.4. The lowest BCUT2D eigenvalue weighted by atomic mass is 10.0. The molecule has 0 radical (unpaired) electrons. The van der Waals surface area contributed by atoms with Crippen LogP contribution in [0.4, 0.5) is 5.95 Å². The molecule has 0 bridgehead atoms. The molecule has 0 spiro atoms. The molecule has 0 unspecified atom stereocenters. The van der Waals surface area contributed by atoms with Crippen molar-refractivity contribution in [2.75, 3.05) is 18.0 Å².